The van der Waals surface area contributed by atoms with E-state index in [4.69, 9.17) is 5.73 Å². The minimum absolute atomic E-state index is 0.101. The van der Waals surface area contributed by atoms with Crippen LogP contribution in [0.1, 0.15) is 32.6 Å². The maximum atomic E-state index is 12.0. The second-order valence-electron chi connectivity index (χ2n) is 5.05. The predicted octanol–water partition coefficient (Wildman–Crippen LogP) is 1.88. The van der Waals surface area contributed by atoms with Crippen LogP contribution in [0.2, 0.25) is 0 Å². The van der Waals surface area contributed by atoms with Crippen LogP contribution >= 0.6 is 0 Å². The zero-order valence-corrected chi connectivity index (χ0v) is 11.8. The number of nitrogens with zero attached hydrogens (tertiary/aromatic N) is 1. The number of carbonyl (C=O) groups excluding carboxylic acids is 2. The number of carbonyl (C=O) groups is 2. The summed E-state index contributed by atoms with van der Waals surface area (Å²) in [7, 11) is 0. The Kier molecular flexibility index (Phi) is 4.74. The van der Waals surface area contributed by atoms with Crippen LogP contribution in [0.3, 0.4) is 0 Å². The van der Waals surface area contributed by atoms with E-state index in [1.54, 1.807) is 11.0 Å². The lowest BCUT2D eigenvalue weighted by Crippen LogP contribution is -2.36. The third-order valence-electron chi connectivity index (χ3n) is 3.46. The molecular weight excluding hydrogens is 254 g/mol. The van der Waals surface area contributed by atoms with E-state index in [1.165, 1.54) is 0 Å². The SMILES string of the molecule is CCC[C@@H](N)C(=O)Nc1ccccc1N1CCCC1=O. The average molecular weight is 275 g/mol. The first-order chi connectivity index (χ1) is 9.63. The third-order valence-corrected chi connectivity index (χ3v) is 3.46. The molecule has 1 aromatic rings. The second kappa shape index (κ2) is 6.52. The monoisotopic (exact) mass is 275 g/mol. The van der Waals surface area contributed by atoms with Crippen LogP contribution in [0.4, 0.5) is 11.4 Å². The van der Waals surface area contributed by atoms with Gasteiger partial charge in [-0.05, 0) is 25.0 Å². The molecule has 1 fully saturated rings. The molecule has 1 aliphatic heterocycles. The van der Waals surface area contributed by atoms with Gasteiger partial charge in [0.05, 0.1) is 17.4 Å². The molecule has 1 heterocycles. The van der Waals surface area contributed by atoms with E-state index in [0.29, 0.717) is 25.1 Å². The van der Waals surface area contributed by atoms with Crippen LogP contribution in [0.5, 0.6) is 0 Å². The van der Waals surface area contributed by atoms with Crippen molar-refractivity contribution in [2.75, 3.05) is 16.8 Å². The van der Waals surface area contributed by atoms with Crippen molar-refractivity contribution >= 4 is 23.2 Å². The largest absolute Gasteiger partial charge is 0.323 e. The number of hydrogen-bond acceptors (Lipinski definition) is 3. The highest BCUT2D eigenvalue weighted by atomic mass is 16.2. The molecule has 1 aliphatic rings. The Hall–Kier alpha value is -1.88. The van der Waals surface area contributed by atoms with Gasteiger partial charge in [-0.3, -0.25) is 9.59 Å². The summed E-state index contributed by atoms with van der Waals surface area (Å²) in [4.78, 5) is 25.6. The minimum atomic E-state index is -0.512. The van der Waals surface area contributed by atoms with Gasteiger partial charge in [0.1, 0.15) is 0 Å². The Morgan fingerprint density at radius 1 is 1.45 bits per heavy atom. The maximum Gasteiger partial charge on any atom is 0.241 e. The van der Waals surface area contributed by atoms with Crippen molar-refractivity contribution in [1.29, 1.82) is 0 Å². The van der Waals surface area contributed by atoms with Gasteiger partial charge in [0, 0.05) is 13.0 Å². The van der Waals surface area contributed by atoms with Gasteiger partial charge in [0.15, 0.2) is 0 Å². The fraction of sp³-hybridized carbons (Fsp3) is 0.467. The van der Waals surface area contributed by atoms with Gasteiger partial charge < -0.3 is 16.0 Å². The van der Waals surface area contributed by atoms with Crippen molar-refractivity contribution in [3.05, 3.63) is 24.3 Å². The highest BCUT2D eigenvalue weighted by molar-refractivity contribution is 6.03. The fourth-order valence-electron chi connectivity index (χ4n) is 2.39. The number of nitrogens with one attached hydrogen (secondary N) is 1. The lowest BCUT2D eigenvalue weighted by molar-refractivity contribution is -0.118. The standard InChI is InChI=1S/C15H21N3O2/c1-2-6-11(16)15(20)17-12-7-3-4-8-13(12)18-10-5-9-14(18)19/h3-4,7-8,11H,2,5-6,9-10,16H2,1H3,(H,17,20)/t11-/m1/s1. The number of para-hydroxylation sites is 2. The van der Waals surface area contributed by atoms with Gasteiger partial charge >= 0.3 is 0 Å². The van der Waals surface area contributed by atoms with E-state index in [0.717, 1.165) is 18.5 Å². The summed E-state index contributed by atoms with van der Waals surface area (Å²) in [5, 5.41) is 2.83. The van der Waals surface area contributed by atoms with Crippen molar-refractivity contribution in [2.45, 2.75) is 38.6 Å². The lowest BCUT2D eigenvalue weighted by Gasteiger charge is -2.21. The molecule has 3 N–H and O–H groups in total. The third kappa shape index (κ3) is 3.17. The van der Waals surface area contributed by atoms with Crippen LogP contribution in [0.15, 0.2) is 24.3 Å². The van der Waals surface area contributed by atoms with Gasteiger partial charge in [0.25, 0.3) is 0 Å². The van der Waals surface area contributed by atoms with E-state index in [-0.39, 0.29) is 11.8 Å². The molecule has 108 valence electrons. The minimum Gasteiger partial charge on any atom is -0.323 e. The number of benzene rings is 1. The van der Waals surface area contributed by atoms with E-state index >= 15 is 0 Å². The topological polar surface area (TPSA) is 75.4 Å². The van der Waals surface area contributed by atoms with Crippen LogP contribution in [0.25, 0.3) is 0 Å². The molecule has 5 heteroatoms. The summed E-state index contributed by atoms with van der Waals surface area (Å²) in [6, 6.07) is 6.84. The first kappa shape index (κ1) is 14.5. The summed E-state index contributed by atoms with van der Waals surface area (Å²) in [6.45, 7) is 2.69. The molecule has 0 aromatic heterocycles. The molecule has 0 radical (unpaired) electrons. The quantitative estimate of drug-likeness (QED) is 0.861. The van der Waals surface area contributed by atoms with Gasteiger partial charge in [-0.15, -0.1) is 0 Å². The molecule has 20 heavy (non-hydrogen) atoms. The predicted molar refractivity (Wildman–Crippen MR) is 79.5 cm³/mol. The molecule has 5 nitrogen and oxygen atoms in total. The number of hydrogen-bond donors (Lipinski definition) is 2. The molecule has 0 aliphatic carbocycles. The van der Waals surface area contributed by atoms with Crippen molar-refractivity contribution in [1.82, 2.24) is 0 Å². The van der Waals surface area contributed by atoms with Crippen molar-refractivity contribution in [3.63, 3.8) is 0 Å². The Morgan fingerprint density at radius 2 is 2.20 bits per heavy atom. The van der Waals surface area contributed by atoms with E-state index < -0.39 is 6.04 Å². The zero-order valence-electron chi connectivity index (χ0n) is 11.8. The van der Waals surface area contributed by atoms with E-state index in [1.807, 2.05) is 25.1 Å². The van der Waals surface area contributed by atoms with Crippen molar-refractivity contribution in [2.24, 2.45) is 5.73 Å². The molecule has 2 amide bonds. The summed E-state index contributed by atoms with van der Waals surface area (Å²) in [6.07, 6.45) is 2.94. The maximum absolute atomic E-state index is 12.0. The zero-order chi connectivity index (χ0) is 14.5. The summed E-state index contributed by atoms with van der Waals surface area (Å²) >= 11 is 0. The summed E-state index contributed by atoms with van der Waals surface area (Å²) < 4.78 is 0. The fourth-order valence-corrected chi connectivity index (χ4v) is 2.39. The van der Waals surface area contributed by atoms with Crippen LogP contribution in [-0.4, -0.2) is 24.4 Å². The number of nitrogens with two attached hydrogens (primary N) is 1. The molecule has 1 saturated heterocycles. The van der Waals surface area contributed by atoms with E-state index in [2.05, 4.69) is 5.32 Å². The summed E-state index contributed by atoms with van der Waals surface area (Å²) in [5.74, 6) is -0.101. The van der Waals surface area contributed by atoms with Gasteiger partial charge in [-0.25, -0.2) is 0 Å². The highest BCUT2D eigenvalue weighted by Crippen LogP contribution is 2.29. The van der Waals surface area contributed by atoms with Crippen molar-refractivity contribution in [3.8, 4) is 0 Å². The molecule has 0 bridgehead atoms. The first-order valence-corrected chi connectivity index (χ1v) is 7.09. The van der Waals surface area contributed by atoms with Crippen LogP contribution in [-0.2, 0) is 9.59 Å². The molecule has 0 spiro atoms. The molecule has 0 saturated carbocycles. The first-order valence-electron chi connectivity index (χ1n) is 7.09. The van der Waals surface area contributed by atoms with Crippen molar-refractivity contribution < 1.29 is 9.59 Å². The normalized spacial score (nSPS) is 16.3. The second-order valence-corrected chi connectivity index (χ2v) is 5.05. The van der Waals surface area contributed by atoms with Gasteiger partial charge in [-0.2, -0.15) is 0 Å². The Labute approximate surface area is 119 Å². The Morgan fingerprint density at radius 3 is 2.85 bits per heavy atom. The molecule has 0 unspecified atom stereocenters. The molecule has 1 atom stereocenters. The summed E-state index contributed by atoms with van der Waals surface area (Å²) in [5.41, 5.74) is 7.22. The van der Waals surface area contributed by atoms with Crippen LogP contribution < -0.4 is 16.0 Å². The number of anilines is 2. The molecule has 1 aromatic carbocycles. The number of amides is 2. The highest BCUT2D eigenvalue weighted by Gasteiger charge is 2.24. The molecular formula is C15H21N3O2. The number of rotatable bonds is 5. The van der Waals surface area contributed by atoms with Gasteiger partial charge in [0.2, 0.25) is 11.8 Å². The lowest BCUT2D eigenvalue weighted by atomic mass is 10.1. The smallest absolute Gasteiger partial charge is 0.241 e. The van der Waals surface area contributed by atoms with Crippen LogP contribution in [0, 0.1) is 0 Å². The van der Waals surface area contributed by atoms with Gasteiger partial charge in [-0.1, -0.05) is 25.5 Å². The Balaban J connectivity index is 2.16. The Bertz CT molecular complexity index is 502. The average Bonchev–Trinajstić information content (AvgIpc) is 2.86. The molecule has 2 rings (SSSR count). The van der Waals surface area contributed by atoms with E-state index in [9.17, 15) is 9.59 Å².